The van der Waals surface area contributed by atoms with Gasteiger partial charge in [-0.3, -0.25) is 9.67 Å². The molecule has 1 aromatic carbocycles. The molecule has 0 bridgehead atoms. The van der Waals surface area contributed by atoms with Crippen LogP contribution in [-0.2, 0) is 20.1 Å². The van der Waals surface area contributed by atoms with Gasteiger partial charge in [-0.1, -0.05) is 11.6 Å². The highest BCUT2D eigenvalue weighted by molar-refractivity contribution is 14.0. The molecule has 0 radical (unpaired) electrons. The third-order valence-electron chi connectivity index (χ3n) is 3.56. The second-order valence-electron chi connectivity index (χ2n) is 5.18. The van der Waals surface area contributed by atoms with E-state index in [0.29, 0.717) is 48.8 Å². The Labute approximate surface area is 168 Å². The molecule has 1 aromatic heterocycles. The highest BCUT2D eigenvalue weighted by atomic mass is 127. The van der Waals surface area contributed by atoms with E-state index in [0.717, 1.165) is 11.4 Å². The van der Waals surface area contributed by atoms with Gasteiger partial charge in [-0.05, 0) is 17.7 Å². The SMILES string of the molecule is CN=C(NCc1cc(Cl)c2c(c1)OCCO2)NCc1ncnn1C.I. The van der Waals surface area contributed by atoms with Crippen LogP contribution in [0.3, 0.4) is 0 Å². The first-order valence-corrected chi connectivity index (χ1v) is 7.90. The van der Waals surface area contributed by atoms with Crippen LogP contribution in [0.1, 0.15) is 11.4 Å². The van der Waals surface area contributed by atoms with Gasteiger partial charge in [-0.15, -0.1) is 24.0 Å². The summed E-state index contributed by atoms with van der Waals surface area (Å²) in [5.74, 6) is 2.76. The predicted octanol–water partition coefficient (Wildman–Crippen LogP) is 1.72. The smallest absolute Gasteiger partial charge is 0.191 e. The molecule has 1 aliphatic rings. The number of hydrogen-bond acceptors (Lipinski definition) is 5. The number of fused-ring (bicyclic) bond motifs is 1. The number of nitrogens with zero attached hydrogens (tertiary/aromatic N) is 4. The first-order valence-electron chi connectivity index (χ1n) is 7.53. The molecule has 25 heavy (non-hydrogen) atoms. The van der Waals surface area contributed by atoms with Gasteiger partial charge in [0.25, 0.3) is 0 Å². The van der Waals surface area contributed by atoms with E-state index in [1.54, 1.807) is 11.7 Å². The summed E-state index contributed by atoms with van der Waals surface area (Å²) in [6, 6.07) is 3.78. The summed E-state index contributed by atoms with van der Waals surface area (Å²) in [4.78, 5) is 8.35. The lowest BCUT2D eigenvalue weighted by molar-refractivity contribution is 0.171. The number of benzene rings is 1. The molecule has 0 amide bonds. The summed E-state index contributed by atoms with van der Waals surface area (Å²) < 4.78 is 12.8. The molecule has 0 unspecified atom stereocenters. The molecule has 10 heteroatoms. The average Bonchev–Trinajstić information content (AvgIpc) is 3.00. The van der Waals surface area contributed by atoms with Crippen molar-refractivity contribution in [1.29, 1.82) is 0 Å². The molecule has 8 nitrogen and oxygen atoms in total. The molecule has 2 heterocycles. The molecule has 0 saturated carbocycles. The van der Waals surface area contributed by atoms with Crippen LogP contribution >= 0.6 is 35.6 Å². The Morgan fingerprint density at radius 3 is 2.76 bits per heavy atom. The summed E-state index contributed by atoms with van der Waals surface area (Å²) >= 11 is 6.25. The number of aliphatic imine (C=N–C) groups is 1. The Morgan fingerprint density at radius 1 is 1.28 bits per heavy atom. The van der Waals surface area contributed by atoms with Gasteiger partial charge in [-0.25, -0.2) is 4.98 Å². The van der Waals surface area contributed by atoms with Crippen LogP contribution in [0.15, 0.2) is 23.5 Å². The van der Waals surface area contributed by atoms with E-state index in [2.05, 4.69) is 25.7 Å². The summed E-state index contributed by atoms with van der Waals surface area (Å²) in [5, 5.41) is 11.0. The van der Waals surface area contributed by atoms with Crippen LogP contribution in [0.5, 0.6) is 11.5 Å². The average molecular weight is 479 g/mol. The van der Waals surface area contributed by atoms with Gasteiger partial charge in [0.15, 0.2) is 17.5 Å². The minimum Gasteiger partial charge on any atom is -0.486 e. The number of guanidine groups is 1. The number of ether oxygens (including phenoxy) is 2. The van der Waals surface area contributed by atoms with Crippen molar-refractivity contribution in [3.8, 4) is 11.5 Å². The fraction of sp³-hybridized carbons (Fsp3) is 0.400. The number of halogens is 2. The Balaban J connectivity index is 0.00000225. The van der Waals surface area contributed by atoms with Gasteiger partial charge >= 0.3 is 0 Å². The van der Waals surface area contributed by atoms with Crippen LogP contribution in [-0.4, -0.2) is 41.0 Å². The van der Waals surface area contributed by atoms with Crippen LogP contribution in [0.4, 0.5) is 0 Å². The third-order valence-corrected chi connectivity index (χ3v) is 3.84. The summed E-state index contributed by atoms with van der Waals surface area (Å²) in [5.41, 5.74) is 0.978. The van der Waals surface area contributed by atoms with E-state index in [1.165, 1.54) is 6.33 Å². The van der Waals surface area contributed by atoms with E-state index in [1.807, 2.05) is 19.2 Å². The first-order chi connectivity index (χ1) is 11.7. The van der Waals surface area contributed by atoms with Crippen LogP contribution in [0, 0.1) is 0 Å². The highest BCUT2D eigenvalue weighted by Crippen LogP contribution is 2.38. The molecule has 3 rings (SSSR count). The number of aryl methyl sites for hydroxylation is 1. The maximum Gasteiger partial charge on any atom is 0.191 e. The molecule has 2 aromatic rings. The zero-order chi connectivity index (χ0) is 16.9. The zero-order valence-electron chi connectivity index (χ0n) is 14.0. The molecular formula is C15H20ClIN6O2. The van der Waals surface area contributed by atoms with Crippen LogP contribution in [0.2, 0.25) is 5.02 Å². The molecule has 0 spiro atoms. The van der Waals surface area contributed by atoms with Gasteiger partial charge in [0, 0.05) is 20.6 Å². The summed E-state index contributed by atoms with van der Waals surface area (Å²) in [6.45, 7) is 2.12. The zero-order valence-corrected chi connectivity index (χ0v) is 17.0. The van der Waals surface area contributed by atoms with Gasteiger partial charge in [-0.2, -0.15) is 5.10 Å². The van der Waals surface area contributed by atoms with E-state index in [9.17, 15) is 0 Å². The topological polar surface area (TPSA) is 85.6 Å². The van der Waals surface area contributed by atoms with Gasteiger partial charge in [0.2, 0.25) is 0 Å². The molecule has 136 valence electrons. The quantitative estimate of drug-likeness (QED) is 0.395. The van der Waals surface area contributed by atoms with Crippen molar-refractivity contribution < 1.29 is 9.47 Å². The Kier molecular flexibility index (Phi) is 7.12. The van der Waals surface area contributed by atoms with Gasteiger partial charge in [0.1, 0.15) is 25.4 Å². The standard InChI is InChI=1S/C15H19ClN6O2.HI/c1-17-15(19-8-13-20-9-21-22(13)2)18-7-10-5-11(16)14-12(6-10)23-3-4-24-14;/h5-6,9H,3-4,7-8H2,1-2H3,(H2,17,18,19);1H. The van der Waals surface area contributed by atoms with Crippen molar-refractivity contribution >= 4 is 41.5 Å². The third kappa shape index (κ3) is 4.88. The van der Waals surface area contributed by atoms with Crippen molar-refractivity contribution in [2.24, 2.45) is 12.0 Å². The van der Waals surface area contributed by atoms with E-state index in [-0.39, 0.29) is 24.0 Å². The molecule has 0 atom stereocenters. The molecule has 2 N–H and O–H groups in total. The minimum atomic E-state index is 0. The minimum absolute atomic E-state index is 0. The van der Waals surface area contributed by atoms with Crippen molar-refractivity contribution in [1.82, 2.24) is 25.4 Å². The van der Waals surface area contributed by atoms with Crippen molar-refractivity contribution in [2.75, 3.05) is 20.3 Å². The number of nitrogens with one attached hydrogen (secondary N) is 2. The molecular weight excluding hydrogens is 459 g/mol. The van der Waals surface area contributed by atoms with E-state index >= 15 is 0 Å². The normalized spacial score (nSPS) is 13.2. The number of aromatic nitrogens is 3. The second kappa shape index (κ2) is 9.09. The second-order valence-corrected chi connectivity index (χ2v) is 5.59. The predicted molar refractivity (Wildman–Crippen MR) is 106 cm³/mol. The monoisotopic (exact) mass is 478 g/mol. The van der Waals surface area contributed by atoms with Crippen LogP contribution in [0.25, 0.3) is 0 Å². The van der Waals surface area contributed by atoms with Gasteiger partial charge in [0.05, 0.1) is 11.6 Å². The van der Waals surface area contributed by atoms with Crippen molar-refractivity contribution in [2.45, 2.75) is 13.1 Å². The van der Waals surface area contributed by atoms with E-state index < -0.39 is 0 Å². The van der Waals surface area contributed by atoms with E-state index in [4.69, 9.17) is 21.1 Å². The number of rotatable bonds is 4. The van der Waals surface area contributed by atoms with Crippen molar-refractivity contribution in [3.63, 3.8) is 0 Å². The Bertz CT molecular complexity index is 752. The molecule has 0 fully saturated rings. The lowest BCUT2D eigenvalue weighted by Gasteiger charge is -2.20. The highest BCUT2D eigenvalue weighted by Gasteiger charge is 2.16. The largest absolute Gasteiger partial charge is 0.486 e. The molecule has 1 aliphatic heterocycles. The number of hydrogen-bond donors (Lipinski definition) is 2. The van der Waals surface area contributed by atoms with Crippen LogP contribution < -0.4 is 20.1 Å². The lowest BCUT2D eigenvalue weighted by Crippen LogP contribution is -2.37. The summed E-state index contributed by atoms with van der Waals surface area (Å²) in [7, 11) is 3.56. The Morgan fingerprint density at radius 2 is 2.04 bits per heavy atom. The molecule has 0 aliphatic carbocycles. The Hall–Kier alpha value is -1.75. The fourth-order valence-electron chi connectivity index (χ4n) is 2.32. The lowest BCUT2D eigenvalue weighted by atomic mass is 10.2. The maximum absolute atomic E-state index is 6.25. The summed E-state index contributed by atoms with van der Waals surface area (Å²) in [6.07, 6.45) is 1.52. The van der Waals surface area contributed by atoms with Crippen molar-refractivity contribution in [3.05, 3.63) is 34.9 Å². The van der Waals surface area contributed by atoms with Gasteiger partial charge < -0.3 is 20.1 Å². The first kappa shape index (κ1) is 19.6. The molecule has 0 saturated heterocycles. The maximum atomic E-state index is 6.25. The fourth-order valence-corrected chi connectivity index (χ4v) is 2.60.